The first-order chi connectivity index (χ1) is 9.60. The van der Waals surface area contributed by atoms with Crippen LogP contribution in [0.2, 0.25) is 5.02 Å². The minimum absolute atomic E-state index is 0.00474. The predicted molar refractivity (Wildman–Crippen MR) is 76.9 cm³/mol. The van der Waals surface area contributed by atoms with E-state index in [4.69, 9.17) is 26.8 Å². The van der Waals surface area contributed by atoms with Gasteiger partial charge in [-0.2, -0.15) is 0 Å². The number of amides is 1. The molecule has 3 N–H and O–H groups in total. The number of hydrogen-bond donors (Lipinski definition) is 2. The Hall–Kier alpha value is -1.30. The van der Waals surface area contributed by atoms with Crippen molar-refractivity contribution in [3.63, 3.8) is 0 Å². The van der Waals surface area contributed by atoms with Gasteiger partial charge >= 0.3 is 0 Å². The van der Waals surface area contributed by atoms with Gasteiger partial charge in [-0.1, -0.05) is 17.7 Å². The van der Waals surface area contributed by atoms with Gasteiger partial charge in [0, 0.05) is 17.7 Å². The molecule has 0 bridgehead atoms. The average molecular weight is 299 g/mol. The monoisotopic (exact) mass is 298 g/mol. The number of rotatable bonds is 6. The third-order valence-corrected chi connectivity index (χ3v) is 3.48. The van der Waals surface area contributed by atoms with E-state index in [1.165, 1.54) is 0 Å². The Balaban J connectivity index is 1.78. The van der Waals surface area contributed by atoms with E-state index in [1.807, 2.05) is 6.92 Å². The van der Waals surface area contributed by atoms with Gasteiger partial charge in [0.05, 0.1) is 12.1 Å². The molecule has 0 aromatic heterocycles. The Morgan fingerprint density at radius 1 is 1.55 bits per heavy atom. The molecule has 1 aliphatic carbocycles. The van der Waals surface area contributed by atoms with Gasteiger partial charge in [-0.15, -0.1) is 0 Å². The summed E-state index contributed by atoms with van der Waals surface area (Å²) >= 11 is 5.84. The van der Waals surface area contributed by atoms with E-state index < -0.39 is 0 Å². The summed E-state index contributed by atoms with van der Waals surface area (Å²) in [5.74, 6) is 0.349. The maximum atomic E-state index is 11.8. The smallest absolute Gasteiger partial charge is 0.258 e. The lowest BCUT2D eigenvalue weighted by atomic mass is 9.83. The number of carbonyl (C=O) groups excluding carboxylic acids is 1. The molecule has 3 atom stereocenters. The van der Waals surface area contributed by atoms with Gasteiger partial charge in [0.1, 0.15) is 5.75 Å². The number of benzene rings is 1. The summed E-state index contributed by atoms with van der Waals surface area (Å²) in [6, 6.07) is 6.73. The molecule has 6 heteroatoms. The molecule has 1 fully saturated rings. The standard InChI is InChI=1S/C14H19ClN2O3/c1-2-19-12-7-11(16)14(12)17-13(18)8-20-10-5-3-4-9(15)6-10/h3-6,11-12,14H,2,7-8,16H2,1H3,(H,17,18). The van der Waals surface area contributed by atoms with Gasteiger partial charge in [-0.25, -0.2) is 0 Å². The van der Waals surface area contributed by atoms with E-state index in [1.54, 1.807) is 24.3 Å². The van der Waals surface area contributed by atoms with Crippen LogP contribution in [0.1, 0.15) is 13.3 Å². The minimum Gasteiger partial charge on any atom is -0.484 e. The maximum absolute atomic E-state index is 11.8. The number of nitrogens with one attached hydrogen (secondary N) is 1. The van der Waals surface area contributed by atoms with Gasteiger partial charge in [-0.05, 0) is 31.5 Å². The van der Waals surface area contributed by atoms with Crippen molar-refractivity contribution < 1.29 is 14.3 Å². The van der Waals surface area contributed by atoms with Crippen LogP contribution in [0.25, 0.3) is 0 Å². The first-order valence-electron chi connectivity index (χ1n) is 6.65. The van der Waals surface area contributed by atoms with Crippen molar-refractivity contribution in [1.82, 2.24) is 5.32 Å². The summed E-state index contributed by atoms with van der Waals surface area (Å²) in [5.41, 5.74) is 5.87. The topological polar surface area (TPSA) is 73.6 Å². The zero-order valence-corrected chi connectivity index (χ0v) is 12.1. The van der Waals surface area contributed by atoms with Gasteiger partial charge in [0.2, 0.25) is 0 Å². The normalized spacial score (nSPS) is 24.9. The lowest BCUT2D eigenvalue weighted by Crippen LogP contribution is -2.65. The predicted octanol–water partition coefficient (Wildman–Crippen LogP) is 1.34. The molecule has 110 valence electrons. The van der Waals surface area contributed by atoms with Crippen molar-refractivity contribution in [2.24, 2.45) is 5.73 Å². The van der Waals surface area contributed by atoms with E-state index in [9.17, 15) is 4.79 Å². The fourth-order valence-electron chi connectivity index (χ4n) is 2.16. The molecule has 1 aliphatic rings. The summed E-state index contributed by atoms with van der Waals surface area (Å²) in [4.78, 5) is 11.8. The molecule has 1 aromatic carbocycles. The first-order valence-corrected chi connectivity index (χ1v) is 7.03. The summed E-state index contributed by atoms with van der Waals surface area (Å²) in [7, 11) is 0. The molecule has 3 unspecified atom stereocenters. The molecule has 2 rings (SSSR count). The highest BCUT2D eigenvalue weighted by molar-refractivity contribution is 6.30. The molecular weight excluding hydrogens is 280 g/mol. The van der Waals surface area contributed by atoms with E-state index in [0.717, 1.165) is 6.42 Å². The molecule has 5 nitrogen and oxygen atoms in total. The number of ether oxygens (including phenoxy) is 2. The Kier molecular flexibility index (Phi) is 5.23. The lowest BCUT2D eigenvalue weighted by Gasteiger charge is -2.42. The second-order valence-corrected chi connectivity index (χ2v) is 5.17. The van der Waals surface area contributed by atoms with E-state index in [2.05, 4.69) is 5.32 Å². The van der Waals surface area contributed by atoms with E-state index >= 15 is 0 Å². The molecule has 20 heavy (non-hydrogen) atoms. The summed E-state index contributed by atoms with van der Waals surface area (Å²) in [6.45, 7) is 2.47. The molecule has 0 aliphatic heterocycles. The molecule has 1 amide bonds. The van der Waals surface area contributed by atoms with Crippen molar-refractivity contribution in [2.75, 3.05) is 13.2 Å². The van der Waals surface area contributed by atoms with E-state index in [-0.39, 0.29) is 30.7 Å². The molecule has 0 spiro atoms. The van der Waals surface area contributed by atoms with Gasteiger partial charge < -0.3 is 20.5 Å². The molecular formula is C14H19ClN2O3. The Labute approximate surface area is 123 Å². The third-order valence-electron chi connectivity index (χ3n) is 3.24. The van der Waals surface area contributed by atoms with Crippen LogP contribution in [0.5, 0.6) is 5.75 Å². The lowest BCUT2D eigenvalue weighted by molar-refractivity contribution is -0.127. The van der Waals surface area contributed by atoms with Crippen LogP contribution in [0.15, 0.2) is 24.3 Å². The first kappa shape index (κ1) is 15.1. The highest BCUT2D eigenvalue weighted by Gasteiger charge is 2.40. The maximum Gasteiger partial charge on any atom is 0.258 e. The number of hydrogen-bond acceptors (Lipinski definition) is 4. The van der Waals surface area contributed by atoms with Crippen molar-refractivity contribution >= 4 is 17.5 Å². The summed E-state index contributed by atoms with van der Waals surface area (Å²) < 4.78 is 10.9. The third kappa shape index (κ3) is 3.85. The van der Waals surface area contributed by atoms with Crippen LogP contribution in [-0.4, -0.2) is 37.3 Å². The van der Waals surface area contributed by atoms with Crippen molar-refractivity contribution in [2.45, 2.75) is 31.5 Å². The Bertz CT molecular complexity index is 467. The van der Waals surface area contributed by atoms with Gasteiger partial charge in [0.15, 0.2) is 6.61 Å². The molecule has 0 saturated heterocycles. The number of nitrogens with two attached hydrogens (primary N) is 1. The zero-order valence-electron chi connectivity index (χ0n) is 11.3. The minimum atomic E-state index is -0.213. The van der Waals surface area contributed by atoms with Gasteiger partial charge in [0.25, 0.3) is 5.91 Å². The molecule has 1 saturated carbocycles. The second-order valence-electron chi connectivity index (χ2n) is 4.73. The largest absolute Gasteiger partial charge is 0.484 e. The SMILES string of the molecule is CCOC1CC(N)C1NC(=O)COc1cccc(Cl)c1. The van der Waals surface area contributed by atoms with Crippen LogP contribution < -0.4 is 15.8 Å². The van der Waals surface area contributed by atoms with Crippen LogP contribution in [-0.2, 0) is 9.53 Å². The fourth-order valence-corrected chi connectivity index (χ4v) is 2.34. The van der Waals surface area contributed by atoms with Crippen LogP contribution in [0, 0.1) is 0 Å². The van der Waals surface area contributed by atoms with Crippen LogP contribution in [0.3, 0.4) is 0 Å². The molecule has 0 heterocycles. The van der Waals surface area contributed by atoms with Crippen molar-refractivity contribution in [1.29, 1.82) is 0 Å². The quantitative estimate of drug-likeness (QED) is 0.831. The Morgan fingerprint density at radius 3 is 3.00 bits per heavy atom. The molecule has 0 radical (unpaired) electrons. The Morgan fingerprint density at radius 2 is 2.35 bits per heavy atom. The zero-order chi connectivity index (χ0) is 14.5. The number of carbonyl (C=O) groups is 1. The highest BCUT2D eigenvalue weighted by atomic mass is 35.5. The average Bonchev–Trinajstić information content (AvgIpc) is 2.42. The summed E-state index contributed by atoms with van der Waals surface area (Å²) in [6.07, 6.45) is 0.777. The summed E-state index contributed by atoms with van der Waals surface area (Å²) in [5, 5.41) is 3.41. The fraction of sp³-hybridized carbons (Fsp3) is 0.500. The highest BCUT2D eigenvalue weighted by Crippen LogP contribution is 2.22. The van der Waals surface area contributed by atoms with Crippen LogP contribution >= 0.6 is 11.6 Å². The van der Waals surface area contributed by atoms with Crippen molar-refractivity contribution in [3.05, 3.63) is 29.3 Å². The van der Waals surface area contributed by atoms with Crippen molar-refractivity contribution in [3.8, 4) is 5.75 Å². The van der Waals surface area contributed by atoms with Gasteiger partial charge in [-0.3, -0.25) is 4.79 Å². The molecule has 1 aromatic rings. The number of halogens is 1. The second kappa shape index (κ2) is 6.92. The van der Waals surface area contributed by atoms with E-state index in [0.29, 0.717) is 17.4 Å². The van der Waals surface area contributed by atoms with Crippen LogP contribution in [0.4, 0.5) is 0 Å².